The Kier molecular flexibility index (Phi) is 5.37. The van der Waals surface area contributed by atoms with Crippen LogP contribution < -0.4 is 5.73 Å². The van der Waals surface area contributed by atoms with Crippen LogP contribution in [-0.4, -0.2) is 45.1 Å². The predicted octanol–water partition coefficient (Wildman–Crippen LogP) is 1.43. The summed E-state index contributed by atoms with van der Waals surface area (Å²) in [7, 11) is -3.39. The van der Waals surface area contributed by atoms with Gasteiger partial charge in [-0.2, -0.15) is 4.31 Å². The van der Waals surface area contributed by atoms with Crippen molar-refractivity contribution in [3.63, 3.8) is 0 Å². The van der Waals surface area contributed by atoms with E-state index in [1.165, 1.54) is 0 Å². The van der Waals surface area contributed by atoms with E-state index in [9.17, 15) is 8.42 Å². The zero-order valence-corrected chi connectivity index (χ0v) is 13.5. The number of benzene rings is 1. The SMILES string of the molecule is Cc1ccc(S(=O)(=O)N2CCC(OCCN)CC2)cc1C. The number of hydrogen-bond donors (Lipinski definition) is 1. The van der Waals surface area contributed by atoms with Gasteiger partial charge in [0, 0.05) is 19.6 Å². The summed E-state index contributed by atoms with van der Waals surface area (Å²) in [6.07, 6.45) is 1.58. The highest BCUT2D eigenvalue weighted by Crippen LogP contribution is 2.23. The number of sulfonamides is 1. The molecular weight excluding hydrogens is 288 g/mol. The van der Waals surface area contributed by atoms with E-state index in [1.807, 2.05) is 19.9 Å². The van der Waals surface area contributed by atoms with Gasteiger partial charge in [0.1, 0.15) is 0 Å². The predicted molar refractivity (Wildman–Crippen MR) is 82.7 cm³/mol. The Morgan fingerprint density at radius 1 is 1.24 bits per heavy atom. The van der Waals surface area contributed by atoms with Gasteiger partial charge < -0.3 is 10.5 Å². The van der Waals surface area contributed by atoms with Crippen LogP contribution in [0.4, 0.5) is 0 Å². The van der Waals surface area contributed by atoms with E-state index in [2.05, 4.69) is 0 Å². The number of ether oxygens (including phenoxy) is 1. The van der Waals surface area contributed by atoms with Gasteiger partial charge in [0.05, 0.1) is 17.6 Å². The number of aryl methyl sites for hydroxylation is 2. The second kappa shape index (κ2) is 6.87. The molecule has 1 aliphatic heterocycles. The minimum absolute atomic E-state index is 0.125. The highest BCUT2D eigenvalue weighted by Gasteiger charge is 2.29. The van der Waals surface area contributed by atoms with E-state index in [0.717, 1.165) is 24.0 Å². The van der Waals surface area contributed by atoms with Crippen molar-refractivity contribution in [3.8, 4) is 0 Å². The molecule has 0 amide bonds. The quantitative estimate of drug-likeness (QED) is 0.893. The molecule has 1 heterocycles. The minimum Gasteiger partial charge on any atom is -0.377 e. The van der Waals surface area contributed by atoms with Crippen molar-refractivity contribution in [2.45, 2.75) is 37.7 Å². The molecule has 0 spiro atoms. The number of rotatable bonds is 5. The Morgan fingerprint density at radius 3 is 2.48 bits per heavy atom. The van der Waals surface area contributed by atoms with Gasteiger partial charge in [0.2, 0.25) is 10.0 Å². The van der Waals surface area contributed by atoms with E-state index in [1.54, 1.807) is 16.4 Å². The van der Waals surface area contributed by atoms with Crippen molar-refractivity contribution in [1.82, 2.24) is 4.31 Å². The molecule has 0 atom stereocenters. The van der Waals surface area contributed by atoms with E-state index in [0.29, 0.717) is 31.1 Å². The molecule has 6 heteroatoms. The maximum atomic E-state index is 12.6. The Hall–Kier alpha value is -0.950. The summed E-state index contributed by atoms with van der Waals surface area (Å²) in [5, 5.41) is 0. The van der Waals surface area contributed by atoms with E-state index < -0.39 is 10.0 Å². The molecule has 21 heavy (non-hydrogen) atoms. The molecule has 1 fully saturated rings. The lowest BCUT2D eigenvalue weighted by molar-refractivity contribution is 0.0257. The van der Waals surface area contributed by atoms with Crippen LogP contribution in [0, 0.1) is 13.8 Å². The lowest BCUT2D eigenvalue weighted by Crippen LogP contribution is -2.41. The fourth-order valence-corrected chi connectivity index (χ4v) is 4.05. The van der Waals surface area contributed by atoms with Crippen LogP contribution in [-0.2, 0) is 14.8 Å². The first-order valence-electron chi connectivity index (χ1n) is 7.34. The van der Waals surface area contributed by atoms with Crippen molar-refractivity contribution in [1.29, 1.82) is 0 Å². The molecule has 0 radical (unpaired) electrons. The first-order valence-corrected chi connectivity index (χ1v) is 8.78. The van der Waals surface area contributed by atoms with Crippen LogP contribution in [0.2, 0.25) is 0 Å². The van der Waals surface area contributed by atoms with E-state index in [4.69, 9.17) is 10.5 Å². The maximum Gasteiger partial charge on any atom is 0.243 e. The van der Waals surface area contributed by atoms with Gasteiger partial charge in [-0.15, -0.1) is 0 Å². The molecule has 5 nitrogen and oxygen atoms in total. The number of hydrogen-bond acceptors (Lipinski definition) is 4. The maximum absolute atomic E-state index is 12.6. The minimum atomic E-state index is -3.39. The van der Waals surface area contributed by atoms with Gasteiger partial charge in [-0.1, -0.05) is 6.07 Å². The number of piperidine rings is 1. The van der Waals surface area contributed by atoms with Crippen LogP contribution in [0.1, 0.15) is 24.0 Å². The zero-order valence-electron chi connectivity index (χ0n) is 12.7. The van der Waals surface area contributed by atoms with Crippen molar-refractivity contribution >= 4 is 10.0 Å². The smallest absolute Gasteiger partial charge is 0.243 e. The molecule has 0 unspecified atom stereocenters. The Labute approximate surface area is 127 Å². The van der Waals surface area contributed by atoms with Crippen LogP contribution in [0.25, 0.3) is 0 Å². The lowest BCUT2D eigenvalue weighted by atomic mass is 10.1. The molecule has 118 valence electrons. The third-order valence-electron chi connectivity index (χ3n) is 3.99. The normalized spacial score (nSPS) is 18.0. The second-order valence-corrected chi connectivity index (χ2v) is 7.45. The van der Waals surface area contributed by atoms with Gasteiger partial charge >= 0.3 is 0 Å². The molecule has 1 aliphatic rings. The largest absolute Gasteiger partial charge is 0.377 e. The molecule has 0 saturated carbocycles. The van der Waals surface area contributed by atoms with Gasteiger partial charge in [0.25, 0.3) is 0 Å². The van der Waals surface area contributed by atoms with Crippen LogP contribution in [0.5, 0.6) is 0 Å². The average molecular weight is 312 g/mol. The standard InChI is InChI=1S/C15H24N2O3S/c1-12-3-4-15(11-13(12)2)21(18,19)17-8-5-14(6-9-17)20-10-7-16/h3-4,11,14H,5-10,16H2,1-2H3. The second-order valence-electron chi connectivity index (χ2n) is 5.51. The average Bonchev–Trinajstić information content (AvgIpc) is 2.48. The van der Waals surface area contributed by atoms with Crippen molar-refractivity contribution in [3.05, 3.63) is 29.3 Å². The van der Waals surface area contributed by atoms with Gasteiger partial charge in [0.15, 0.2) is 0 Å². The topological polar surface area (TPSA) is 72.6 Å². The first-order chi connectivity index (χ1) is 9.95. The first kappa shape index (κ1) is 16.4. The molecule has 1 aromatic rings. The van der Waals surface area contributed by atoms with Crippen molar-refractivity contribution < 1.29 is 13.2 Å². The third-order valence-corrected chi connectivity index (χ3v) is 5.88. The van der Waals surface area contributed by atoms with Crippen LogP contribution in [0.15, 0.2) is 23.1 Å². The Morgan fingerprint density at radius 2 is 1.90 bits per heavy atom. The number of nitrogens with zero attached hydrogens (tertiary/aromatic N) is 1. The van der Waals surface area contributed by atoms with Gasteiger partial charge in [-0.3, -0.25) is 0 Å². The molecule has 0 aliphatic carbocycles. The molecule has 1 saturated heterocycles. The molecule has 1 aromatic carbocycles. The highest BCUT2D eigenvalue weighted by molar-refractivity contribution is 7.89. The van der Waals surface area contributed by atoms with Crippen LogP contribution in [0.3, 0.4) is 0 Å². The summed E-state index contributed by atoms with van der Waals surface area (Å²) in [5.74, 6) is 0. The van der Waals surface area contributed by atoms with Gasteiger partial charge in [-0.05, 0) is 49.9 Å². The number of nitrogens with two attached hydrogens (primary N) is 1. The van der Waals surface area contributed by atoms with Crippen LogP contribution >= 0.6 is 0 Å². The summed E-state index contributed by atoms with van der Waals surface area (Å²) in [6.45, 7) is 5.96. The summed E-state index contributed by atoms with van der Waals surface area (Å²) < 4.78 is 32.4. The monoisotopic (exact) mass is 312 g/mol. The molecule has 2 rings (SSSR count). The van der Waals surface area contributed by atoms with E-state index in [-0.39, 0.29) is 6.10 Å². The summed E-state index contributed by atoms with van der Waals surface area (Å²) in [5.41, 5.74) is 7.51. The third kappa shape index (κ3) is 3.83. The van der Waals surface area contributed by atoms with E-state index >= 15 is 0 Å². The van der Waals surface area contributed by atoms with Gasteiger partial charge in [-0.25, -0.2) is 8.42 Å². The van der Waals surface area contributed by atoms with Crippen molar-refractivity contribution in [2.24, 2.45) is 5.73 Å². The molecule has 0 bridgehead atoms. The summed E-state index contributed by atoms with van der Waals surface area (Å²) in [4.78, 5) is 0.381. The van der Waals surface area contributed by atoms with Crippen molar-refractivity contribution in [2.75, 3.05) is 26.2 Å². The Bertz CT molecular complexity index is 579. The Balaban J connectivity index is 2.06. The molecule has 0 aromatic heterocycles. The molecular formula is C15H24N2O3S. The zero-order chi connectivity index (χ0) is 15.5. The molecule has 2 N–H and O–H groups in total. The summed E-state index contributed by atoms with van der Waals surface area (Å²) in [6, 6.07) is 5.30. The fourth-order valence-electron chi connectivity index (χ4n) is 2.50. The fraction of sp³-hybridized carbons (Fsp3) is 0.600. The lowest BCUT2D eigenvalue weighted by Gasteiger charge is -2.31. The highest BCUT2D eigenvalue weighted by atomic mass is 32.2. The summed E-state index contributed by atoms with van der Waals surface area (Å²) >= 11 is 0.